The Hall–Kier alpha value is -0.210. The van der Waals surface area contributed by atoms with E-state index in [9.17, 15) is 8.42 Å². The van der Waals surface area contributed by atoms with Gasteiger partial charge in [0, 0.05) is 26.2 Å². The van der Waals surface area contributed by atoms with E-state index in [4.69, 9.17) is 9.84 Å². The third-order valence-electron chi connectivity index (χ3n) is 4.12. The van der Waals surface area contributed by atoms with Gasteiger partial charge in [0.05, 0.1) is 19.3 Å². The molecule has 0 aromatic heterocycles. The van der Waals surface area contributed by atoms with E-state index in [1.165, 1.54) is 0 Å². The maximum atomic E-state index is 12.6. The average molecular weight is 306 g/mol. The monoisotopic (exact) mass is 306 g/mol. The van der Waals surface area contributed by atoms with Gasteiger partial charge in [-0.25, -0.2) is 0 Å². The van der Waals surface area contributed by atoms with E-state index in [0.717, 1.165) is 12.8 Å². The van der Waals surface area contributed by atoms with Gasteiger partial charge in [0.25, 0.3) is 10.2 Å². The summed E-state index contributed by atoms with van der Waals surface area (Å²) in [6.45, 7) is 4.78. The summed E-state index contributed by atoms with van der Waals surface area (Å²) in [7, 11) is -3.30. The molecule has 0 aromatic carbocycles. The normalized spacial score (nSPS) is 27.8. The Morgan fingerprint density at radius 3 is 2.45 bits per heavy atom. The van der Waals surface area contributed by atoms with Crippen LogP contribution in [0, 0.1) is 5.92 Å². The van der Waals surface area contributed by atoms with Crippen LogP contribution in [0.15, 0.2) is 0 Å². The number of piperidine rings is 2. The van der Waals surface area contributed by atoms with Gasteiger partial charge in [-0.1, -0.05) is 6.92 Å². The van der Waals surface area contributed by atoms with E-state index in [2.05, 4.69) is 6.92 Å². The van der Waals surface area contributed by atoms with Crippen LogP contribution in [0.4, 0.5) is 0 Å². The fraction of sp³-hybridized carbons (Fsp3) is 1.00. The minimum atomic E-state index is -3.30. The predicted molar refractivity (Wildman–Crippen MR) is 76.5 cm³/mol. The molecule has 6 nitrogen and oxygen atoms in total. The number of hydrogen-bond donors (Lipinski definition) is 1. The van der Waals surface area contributed by atoms with Crippen LogP contribution in [0.5, 0.6) is 0 Å². The second-order valence-corrected chi connectivity index (χ2v) is 7.73. The summed E-state index contributed by atoms with van der Waals surface area (Å²) in [5.41, 5.74) is 0. The van der Waals surface area contributed by atoms with E-state index >= 15 is 0 Å². The molecule has 7 heteroatoms. The molecule has 0 radical (unpaired) electrons. The van der Waals surface area contributed by atoms with E-state index in [0.29, 0.717) is 51.5 Å². The molecule has 0 saturated carbocycles. The van der Waals surface area contributed by atoms with E-state index < -0.39 is 10.2 Å². The zero-order valence-electron chi connectivity index (χ0n) is 12.2. The van der Waals surface area contributed by atoms with Gasteiger partial charge in [-0.15, -0.1) is 0 Å². The van der Waals surface area contributed by atoms with E-state index in [1.807, 2.05) is 0 Å². The minimum absolute atomic E-state index is 0.0180. The summed E-state index contributed by atoms with van der Waals surface area (Å²) in [5, 5.41) is 8.74. The maximum Gasteiger partial charge on any atom is 0.281 e. The average Bonchev–Trinajstić information content (AvgIpc) is 2.45. The summed E-state index contributed by atoms with van der Waals surface area (Å²) in [5.74, 6) is 0.448. The summed E-state index contributed by atoms with van der Waals surface area (Å²) in [6, 6.07) is 0. The van der Waals surface area contributed by atoms with Gasteiger partial charge < -0.3 is 9.84 Å². The fourth-order valence-corrected chi connectivity index (χ4v) is 4.77. The number of ether oxygens (including phenoxy) is 1. The Bertz CT molecular complexity index is 393. The number of nitrogens with zero attached hydrogens (tertiary/aromatic N) is 2. The highest BCUT2D eigenvalue weighted by atomic mass is 32.2. The van der Waals surface area contributed by atoms with Gasteiger partial charge in [0.1, 0.15) is 0 Å². The van der Waals surface area contributed by atoms with Crippen LogP contribution in [0.1, 0.15) is 32.6 Å². The summed E-state index contributed by atoms with van der Waals surface area (Å²) in [6.07, 6.45) is 3.57. The van der Waals surface area contributed by atoms with Crippen molar-refractivity contribution in [1.29, 1.82) is 0 Å². The Morgan fingerprint density at radius 2 is 1.85 bits per heavy atom. The Balaban J connectivity index is 1.88. The molecular formula is C13H26N2O4S. The lowest BCUT2D eigenvalue weighted by Crippen LogP contribution is -2.50. The Labute approximate surface area is 121 Å². The van der Waals surface area contributed by atoms with Crippen LogP contribution >= 0.6 is 0 Å². The highest BCUT2D eigenvalue weighted by Crippen LogP contribution is 2.23. The zero-order valence-corrected chi connectivity index (χ0v) is 13.0. The summed E-state index contributed by atoms with van der Waals surface area (Å²) >= 11 is 0. The first-order chi connectivity index (χ1) is 9.54. The highest BCUT2D eigenvalue weighted by molar-refractivity contribution is 7.86. The highest BCUT2D eigenvalue weighted by Gasteiger charge is 2.34. The zero-order chi connectivity index (χ0) is 14.6. The Morgan fingerprint density at radius 1 is 1.15 bits per heavy atom. The van der Waals surface area contributed by atoms with Crippen LogP contribution in [0.25, 0.3) is 0 Å². The SMILES string of the molecule is CC1CCCN(S(=O)(=O)N2CCC(OCCO)CC2)C1. The van der Waals surface area contributed by atoms with Crippen molar-refractivity contribution in [3.8, 4) is 0 Å². The molecule has 2 heterocycles. The molecule has 0 aliphatic carbocycles. The summed E-state index contributed by atoms with van der Waals surface area (Å²) < 4.78 is 33.8. The molecule has 1 N–H and O–H groups in total. The molecule has 2 aliphatic heterocycles. The van der Waals surface area contributed by atoms with Crippen molar-refractivity contribution in [3.05, 3.63) is 0 Å². The number of rotatable bonds is 5. The van der Waals surface area contributed by atoms with Gasteiger partial charge >= 0.3 is 0 Å². The van der Waals surface area contributed by atoms with Gasteiger partial charge in [0.15, 0.2) is 0 Å². The molecular weight excluding hydrogens is 280 g/mol. The van der Waals surface area contributed by atoms with Crippen molar-refractivity contribution in [2.75, 3.05) is 39.4 Å². The van der Waals surface area contributed by atoms with Crippen molar-refractivity contribution in [2.45, 2.75) is 38.7 Å². The number of aliphatic hydroxyl groups excluding tert-OH is 1. The topological polar surface area (TPSA) is 70.1 Å². The van der Waals surface area contributed by atoms with Crippen molar-refractivity contribution in [3.63, 3.8) is 0 Å². The molecule has 2 rings (SSSR count). The first-order valence-electron chi connectivity index (χ1n) is 7.51. The predicted octanol–water partition coefficient (Wildman–Crippen LogP) is 0.436. The van der Waals surface area contributed by atoms with E-state index in [1.54, 1.807) is 8.61 Å². The van der Waals surface area contributed by atoms with Crippen molar-refractivity contribution < 1.29 is 18.3 Å². The molecule has 1 unspecified atom stereocenters. The van der Waals surface area contributed by atoms with Crippen LogP contribution in [-0.2, 0) is 14.9 Å². The fourth-order valence-electron chi connectivity index (χ4n) is 2.97. The standard InChI is InChI=1S/C13H26N2O4S/c1-12-3-2-6-15(11-12)20(17,18)14-7-4-13(5-8-14)19-10-9-16/h12-13,16H,2-11H2,1H3. The van der Waals surface area contributed by atoms with Gasteiger partial charge in [-0.05, 0) is 31.6 Å². The second-order valence-electron chi connectivity index (χ2n) is 5.81. The third-order valence-corrected chi connectivity index (χ3v) is 6.12. The Kier molecular flexibility index (Phi) is 5.80. The lowest BCUT2D eigenvalue weighted by atomic mass is 10.0. The maximum absolute atomic E-state index is 12.6. The molecule has 0 spiro atoms. The minimum Gasteiger partial charge on any atom is -0.394 e. The molecule has 1 atom stereocenters. The van der Waals surface area contributed by atoms with Crippen LogP contribution in [0.3, 0.4) is 0 Å². The lowest BCUT2D eigenvalue weighted by molar-refractivity contribution is 0.00242. The molecule has 0 bridgehead atoms. The molecule has 2 saturated heterocycles. The molecule has 118 valence electrons. The van der Waals surface area contributed by atoms with Gasteiger partial charge in [-0.3, -0.25) is 0 Å². The van der Waals surface area contributed by atoms with Gasteiger partial charge in [-0.2, -0.15) is 17.0 Å². The third kappa shape index (κ3) is 3.92. The number of aliphatic hydroxyl groups is 1. The molecule has 0 aromatic rings. The summed E-state index contributed by atoms with van der Waals surface area (Å²) in [4.78, 5) is 0. The van der Waals surface area contributed by atoms with Crippen molar-refractivity contribution in [2.24, 2.45) is 5.92 Å². The first-order valence-corrected chi connectivity index (χ1v) is 8.91. The molecule has 2 aliphatic rings. The van der Waals surface area contributed by atoms with Crippen LogP contribution < -0.4 is 0 Å². The lowest BCUT2D eigenvalue weighted by Gasteiger charge is -2.37. The largest absolute Gasteiger partial charge is 0.394 e. The van der Waals surface area contributed by atoms with Crippen LogP contribution in [0.2, 0.25) is 0 Å². The van der Waals surface area contributed by atoms with Crippen molar-refractivity contribution in [1.82, 2.24) is 8.61 Å². The van der Waals surface area contributed by atoms with Gasteiger partial charge in [0.2, 0.25) is 0 Å². The van der Waals surface area contributed by atoms with E-state index in [-0.39, 0.29) is 12.7 Å². The quantitative estimate of drug-likeness (QED) is 0.800. The van der Waals surface area contributed by atoms with Crippen LogP contribution in [-0.4, -0.2) is 67.6 Å². The molecule has 0 amide bonds. The molecule has 2 fully saturated rings. The second kappa shape index (κ2) is 7.17. The smallest absolute Gasteiger partial charge is 0.281 e. The van der Waals surface area contributed by atoms with Crippen molar-refractivity contribution >= 4 is 10.2 Å². The number of hydrogen-bond acceptors (Lipinski definition) is 4. The first kappa shape index (κ1) is 16.2. The molecule has 20 heavy (non-hydrogen) atoms.